The second-order valence-electron chi connectivity index (χ2n) is 6.58. The maximum Gasteiger partial charge on any atom is 0.246 e. The SMILES string of the molecule is O=C(/C=C/c1ccccc1)N1CCC(Oc2cnc3ccccc3n2)CC1. The molecule has 1 amide bonds. The first-order valence-electron chi connectivity index (χ1n) is 9.18. The van der Waals surface area contributed by atoms with Gasteiger partial charge in [-0.3, -0.25) is 4.79 Å². The van der Waals surface area contributed by atoms with E-state index in [1.165, 1.54) is 0 Å². The van der Waals surface area contributed by atoms with E-state index in [0.717, 1.165) is 29.4 Å². The monoisotopic (exact) mass is 359 g/mol. The number of fused-ring (bicyclic) bond motifs is 1. The molecule has 0 atom stereocenters. The van der Waals surface area contributed by atoms with E-state index in [-0.39, 0.29) is 12.0 Å². The summed E-state index contributed by atoms with van der Waals surface area (Å²) in [6.07, 6.45) is 6.81. The average molecular weight is 359 g/mol. The molecule has 0 unspecified atom stereocenters. The van der Waals surface area contributed by atoms with Crippen LogP contribution in [0.3, 0.4) is 0 Å². The van der Waals surface area contributed by atoms with Crippen LogP contribution in [0.2, 0.25) is 0 Å². The molecule has 1 aromatic heterocycles. The normalized spacial score (nSPS) is 15.3. The maximum atomic E-state index is 12.4. The predicted molar refractivity (Wildman–Crippen MR) is 105 cm³/mol. The number of hydrogen-bond acceptors (Lipinski definition) is 4. The summed E-state index contributed by atoms with van der Waals surface area (Å²) in [7, 11) is 0. The largest absolute Gasteiger partial charge is 0.473 e. The van der Waals surface area contributed by atoms with Crippen LogP contribution >= 0.6 is 0 Å². The summed E-state index contributed by atoms with van der Waals surface area (Å²) in [5.41, 5.74) is 2.71. The van der Waals surface area contributed by atoms with E-state index in [2.05, 4.69) is 9.97 Å². The zero-order valence-electron chi connectivity index (χ0n) is 15.0. The number of hydrogen-bond donors (Lipinski definition) is 0. The van der Waals surface area contributed by atoms with Crippen molar-refractivity contribution >= 4 is 23.0 Å². The molecule has 1 fully saturated rings. The van der Waals surface area contributed by atoms with E-state index in [9.17, 15) is 4.79 Å². The van der Waals surface area contributed by atoms with Crippen LogP contribution in [-0.4, -0.2) is 40.0 Å². The van der Waals surface area contributed by atoms with Gasteiger partial charge in [-0.1, -0.05) is 42.5 Å². The molecule has 1 aliphatic rings. The van der Waals surface area contributed by atoms with E-state index in [1.807, 2.05) is 65.6 Å². The van der Waals surface area contributed by atoms with Crippen molar-refractivity contribution < 1.29 is 9.53 Å². The molecule has 0 bridgehead atoms. The summed E-state index contributed by atoms with van der Waals surface area (Å²) in [4.78, 5) is 23.1. The summed E-state index contributed by atoms with van der Waals surface area (Å²) in [6.45, 7) is 1.37. The van der Waals surface area contributed by atoms with Crippen LogP contribution in [0.1, 0.15) is 18.4 Å². The summed E-state index contributed by atoms with van der Waals surface area (Å²) in [5, 5.41) is 0. The smallest absolute Gasteiger partial charge is 0.246 e. The van der Waals surface area contributed by atoms with Crippen LogP contribution in [0.25, 0.3) is 17.1 Å². The van der Waals surface area contributed by atoms with Crippen LogP contribution in [0.15, 0.2) is 66.9 Å². The first-order chi connectivity index (χ1) is 13.3. The van der Waals surface area contributed by atoms with Crippen molar-refractivity contribution in [3.63, 3.8) is 0 Å². The fraction of sp³-hybridized carbons (Fsp3) is 0.227. The number of rotatable bonds is 4. The number of carbonyl (C=O) groups is 1. The maximum absolute atomic E-state index is 12.4. The van der Waals surface area contributed by atoms with Crippen LogP contribution in [0, 0.1) is 0 Å². The highest BCUT2D eigenvalue weighted by molar-refractivity contribution is 5.91. The van der Waals surface area contributed by atoms with Crippen molar-refractivity contribution in [3.05, 3.63) is 72.4 Å². The summed E-state index contributed by atoms with van der Waals surface area (Å²) >= 11 is 0. The van der Waals surface area contributed by atoms with Gasteiger partial charge in [0.25, 0.3) is 0 Å². The third-order valence-electron chi connectivity index (χ3n) is 4.69. The highest BCUT2D eigenvalue weighted by Crippen LogP contribution is 2.19. The number of likely N-dealkylation sites (tertiary alicyclic amines) is 1. The molecule has 0 saturated carbocycles. The molecule has 2 heterocycles. The number of piperidine rings is 1. The fourth-order valence-corrected chi connectivity index (χ4v) is 3.20. The van der Waals surface area contributed by atoms with Crippen molar-refractivity contribution in [2.75, 3.05) is 13.1 Å². The molecule has 0 aliphatic carbocycles. The van der Waals surface area contributed by atoms with Gasteiger partial charge in [-0.25, -0.2) is 9.97 Å². The van der Waals surface area contributed by atoms with Gasteiger partial charge in [0.2, 0.25) is 11.8 Å². The molecule has 4 rings (SSSR count). The lowest BCUT2D eigenvalue weighted by molar-refractivity contribution is -0.127. The topological polar surface area (TPSA) is 55.3 Å². The Morgan fingerprint density at radius 3 is 2.48 bits per heavy atom. The summed E-state index contributed by atoms with van der Waals surface area (Å²) in [6, 6.07) is 17.6. The molecule has 0 radical (unpaired) electrons. The molecule has 1 aliphatic heterocycles. The minimum absolute atomic E-state index is 0.0443. The van der Waals surface area contributed by atoms with Gasteiger partial charge < -0.3 is 9.64 Å². The van der Waals surface area contributed by atoms with E-state index >= 15 is 0 Å². The van der Waals surface area contributed by atoms with Crippen molar-refractivity contribution in [2.45, 2.75) is 18.9 Å². The zero-order chi connectivity index (χ0) is 18.5. The van der Waals surface area contributed by atoms with E-state index in [1.54, 1.807) is 12.3 Å². The molecule has 5 heteroatoms. The Kier molecular flexibility index (Phi) is 5.10. The molecule has 136 valence electrons. The van der Waals surface area contributed by atoms with Crippen molar-refractivity contribution in [3.8, 4) is 5.88 Å². The van der Waals surface area contributed by atoms with Crippen LogP contribution in [0.4, 0.5) is 0 Å². The third-order valence-corrected chi connectivity index (χ3v) is 4.69. The molecular formula is C22H21N3O2. The van der Waals surface area contributed by atoms with Crippen LogP contribution in [-0.2, 0) is 4.79 Å². The number of aromatic nitrogens is 2. The van der Waals surface area contributed by atoms with Crippen molar-refractivity contribution in [1.29, 1.82) is 0 Å². The van der Waals surface area contributed by atoms with Gasteiger partial charge in [-0.2, -0.15) is 0 Å². The second kappa shape index (κ2) is 7.99. The number of para-hydroxylation sites is 2. The minimum Gasteiger partial charge on any atom is -0.473 e. The highest BCUT2D eigenvalue weighted by Gasteiger charge is 2.23. The van der Waals surface area contributed by atoms with Gasteiger partial charge in [-0.05, 0) is 23.8 Å². The Balaban J connectivity index is 1.31. The van der Waals surface area contributed by atoms with Gasteiger partial charge in [0.15, 0.2) is 0 Å². The van der Waals surface area contributed by atoms with E-state index < -0.39 is 0 Å². The fourth-order valence-electron chi connectivity index (χ4n) is 3.20. The van der Waals surface area contributed by atoms with E-state index in [4.69, 9.17) is 4.74 Å². The molecule has 1 saturated heterocycles. The Bertz CT molecular complexity index is 948. The average Bonchev–Trinajstić information content (AvgIpc) is 2.73. The number of benzene rings is 2. The Morgan fingerprint density at radius 1 is 1.00 bits per heavy atom. The molecule has 3 aromatic rings. The first-order valence-corrected chi connectivity index (χ1v) is 9.18. The number of ether oxygens (including phenoxy) is 1. The molecule has 5 nitrogen and oxygen atoms in total. The molecular weight excluding hydrogens is 338 g/mol. The van der Waals surface area contributed by atoms with Gasteiger partial charge in [0.1, 0.15) is 6.10 Å². The standard InChI is InChI=1S/C22H21N3O2/c26-22(11-10-17-6-2-1-3-7-17)25-14-12-18(13-15-25)27-21-16-23-19-8-4-5-9-20(19)24-21/h1-11,16,18H,12-15H2/b11-10+. The highest BCUT2D eigenvalue weighted by atomic mass is 16.5. The lowest BCUT2D eigenvalue weighted by Gasteiger charge is -2.31. The Hall–Kier alpha value is -3.21. The van der Waals surface area contributed by atoms with Gasteiger partial charge >= 0.3 is 0 Å². The molecule has 0 N–H and O–H groups in total. The van der Waals surface area contributed by atoms with Gasteiger partial charge in [0.05, 0.1) is 17.2 Å². The first kappa shape index (κ1) is 17.2. The summed E-state index contributed by atoms with van der Waals surface area (Å²) < 4.78 is 5.99. The summed E-state index contributed by atoms with van der Waals surface area (Å²) in [5.74, 6) is 0.588. The van der Waals surface area contributed by atoms with Crippen LogP contribution in [0.5, 0.6) is 5.88 Å². The zero-order valence-corrected chi connectivity index (χ0v) is 15.0. The number of nitrogens with zero attached hydrogens (tertiary/aromatic N) is 3. The lowest BCUT2D eigenvalue weighted by Crippen LogP contribution is -2.41. The van der Waals surface area contributed by atoms with Gasteiger partial charge in [0, 0.05) is 32.0 Å². The third kappa shape index (κ3) is 4.31. The Morgan fingerprint density at radius 2 is 1.70 bits per heavy atom. The minimum atomic E-state index is 0.0443. The molecule has 2 aromatic carbocycles. The van der Waals surface area contributed by atoms with Gasteiger partial charge in [-0.15, -0.1) is 0 Å². The Labute approximate surface area is 158 Å². The number of carbonyl (C=O) groups excluding carboxylic acids is 1. The predicted octanol–water partition coefficient (Wildman–Crippen LogP) is 3.71. The van der Waals surface area contributed by atoms with E-state index in [0.29, 0.717) is 19.0 Å². The molecule has 0 spiro atoms. The number of amides is 1. The van der Waals surface area contributed by atoms with Crippen molar-refractivity contribution in [2.24, 2.45) is 0 Å². The van der Waals surface area contributed by atoms with Crippen molar-refractivity contribution in [1.82, 2.24) is 14.9 Å². The quantitative estimate of drug-likeness (QED) is 0.667. The lowest BCUT2D eigenvalue weighted by atomic mass is 10.1. The molecule has 27 heavy (non-hydrogen) atoms. The second-order valence-corrected chi connectivity index (χ2v) is 6.58. The van der Waals surface area contributed by atoms with Crippen LogP contribution < -0.4 is 4.74 Å².